The molecule has 0 unspecified atom stereocenters. The highest BCUT2D eigenvalue weighted by Gasteiger charge is 2.38. The van der Waals surface area contributed by atoms with Gasteiger partial charge in [0.2, 0.25) is 5.91 Å². The van der Waals surface area contributed by atoms with Crippen molar-refractivity contribution in [3.05, 3.63) is 35.9 Å². The Kier molecular flexibility index (Phi) is 10.8. The maximum absolute atomic E-state index is 12.1. The van der Waals surface area contributed by atoms with E-state index in [1.807, 2.05) is 44.2 Å². The van der Waals surface area contributed by atoms with E-state index in [2.05, 4.69) is 5.32 Å². The number of nitrogens with one attached hydrogen (secondary N) is 1. The number of rotatable bonds is 7. The van der Waals surface area contributed by atoms with Gasteiger partial charge < -0.3 is 20.9 Å². The Hall–Kier alpha value is -2.62. The monoisotopic (exact) mass is 406 g/mol. The molecular weight excluding hydrogens is 381 g/mol. The summed E-state index contributed by atoms with van der Waals surface area (Å²) < 4.78 is 36.5. The molecule has 0 heterocycles. The number of hydrogen-bond acceptors (Lipinski definition) is 5. The summed E-state index contributed by atoms with van der Waals surface area (Å²) in [6, 6.07) is 8.13. The highest BCUT2D eigenvalue weighted by atomic mass is 19.4. The number of amides is 1. The maximum atomic E-state index is 12.1. The molecule has 4 N–H and O–H groups in total. The van der Waals surface area contributed by atoms with Crippen molar-refractivity contribution >= 4 is 17.8 Å². The van der Waals surface area contributed by atoms with Crippen LogP contribution in [-0.4, -0.2) is 48.3 Å². The number of aliphatic carboxylic acids is 1. The molecule has 28 heavy (non-hydrogen) atoms. The molecule has 0 aromatic heterocycles. The summed E-state index contributed by atoms with van der Waals surface area (Å²) in [6.45, 7) is 3.99. The number of carbonyl (C=O) groups is 3. The third-order valence-corrected chi connectivity index (χ3v) is 3.39. The van der Waals surface area contributed by atoms with Gasteiger partial charge in [-0.05, 0) is 17.9 Å². The largest absolute Gasteiger partial charge is 0.490 e. The lowest BCUT2D eigenvalue weighted by atomic mass is 10.0. The van der Waals surface area contributed by atoms with Gasteiger partial charge in [0.05, 0.1) is 13.2 Å². The third kappa shape index (κ3) is 10.5. The van der Waals surface area contributed by atoms with Gasteiger partial charge in [0.15, 0.2) is 0 Å². The van der Waals surface area contributed by atoms with Gasteiger partial charge in [-0.15, -0.1) is 0 Å². The van der Waals surface area contributed by atoms with Crippen LogP contribution in [-0.2, 0) is 25.5 Å². The van der Waals surface area contributed by atoms with Gasteiger partial charge in [-0.25, -0.2) is 9.59 Å². The van der Waals surface area contributed by atoms with Crippen molar-refractivity contribution in [3.63, 3.8) is 0 Å². The normalized spacial score (nSPS) is 13.0. The molecule has 0 saturated carbocycles. The summed E-state index contributed by atoms with van der Waals surface area (Å²) in [7, 11) is 1.31. The summed E-state index contributed by atoms with van der Waals surface area (Å²) in [5.74, 6) is -3.23. The van der Waals surface area contributed by atoms with E-state index in [1.165, 1.54) is 7.11 Å². The molecule has 0 radical (unpaired) electrons. The lowest BCUT2D eigenvalue weighted by molar-refractivity contribution is -0.192. The Morgan fingerprint density at radius 1 is 1.18 bits per heavy atom. The van der Waals surface area contributed by atoms with Crippen LogP contribution in [0.4, 0.5) is 13.2 Å². The van der Waals surface area contributed by atoms with Crippen LogP contribution in [0.25, 0.3) is 0 Å². The summed E-state index contributed by atoms with van der Waals surface area (Å²) in [5.41, 5.74) is 6.79. The van der Waals surface area contributed by atoms with E-state index >= 15 is 0 Å². The Morgan fingerprint density at radius 2 is 1.68 bits per heavy atom. The van der Waals surface area contributed by atoms with Crippen molar-refractivity contribution in [3.8, 4) is 0 Å². The van der Waals surface area contributed by atoms with Crippen molar-refractivity contribution < 1.29 is 37.4 Å². The van der Waals surface area contributed by atoms with Crippen LogP contribution in [0.15, 0.2) is 30.3 Å². The van der Waals surface area contributed by atoms with E-state index in [0.29, 0.717) is 18.8 Å². The molecule has 0 spiro atoms. The first kappa shape index (κ1) is 25.4. The molecule has 158 valence electrons. The van der Waals surface area contributed by atoms with Crippen LogP contribution in [0.2, 0.25) is 0 Å². The number of methoxy groups -OCH3 is 1. The molecular formula is C18H25F3N2O5. The van der Waals surface area contributed by atoms with Crippen LogP contribution < -0.4 is 11.1 Å². The molecule has 1 aromatic rings. The molecule has 1 rings (SSSR count). The standard InChI is InChI=1S/C16H24N2O3.C2HF3O2/c1-11(2)9-13(17)15(19)18-14(16(20)21-3)10-12-7-5-4-6-8-12;3-2(4,5)1(6)7/h4-8,11,13-14H,9-10,17H2,1-3H3,(H,18,19);(H,6,7)/t13-,14-;/m1./s1. The minimum Gasteiger partial charge on any atom is -0.475 e. The fourth-order valence-corrected chi connectivity index (χ4v) is 2.08. The van der Waals surface area contributed by atoms with Gasteiger partial charge >= 0.3 is 18.1 Å². The molecule has 0 saturated heterocycles. The predicted molar refractivity (Wildman–Crippen MR) is 95.2 cm³/mol. The van der Waals surface area contributed by atoms with Crippen molar-refractivity contribution in [2.75, 3.05) is 7.11 Å². The van der Waals surface area contributed by atoms with Gasteiger partial charge in [0.25, 0.3) is 0 Å². The lowest BCUT2D eigenvalue weighted by Crippen LogP contribution is -2.50. The number of carboxylic acids is 1. The van der Waals surface area contributed by atoms with Crippen molar-refractivity contribution in [1.29, 1.82) is 0 Å². The summed E-state index contributed by atoms with van der Waals surface area (Å²) in [6.07, 6.45) is -4.13. The fraction of sp³-hybridized carbons (Fsp3) is 0.500. The minimum atomic E-state index is -5.08. The van der Waals surface area contributed by atoms with Gasteiger partial charge in [-0.3, -0.25) is 4.79 Å². The Bertz CT molecular complexity index is 636. The first-order chi connectivity index (χ1) is 12.9. The molecule has 1 amide bonds. The first-order valence-corrected chi connectivity index (χ1v) is 8.36. The maximum Gasteiger partial charge on any atom is 0.490 e. The Balaban J connectivity index is 0.000000887. The average Bonchev–Trinajstić information content (AvgIpc) is 2.60. The molecule has 0 aliphatic heterocycles. The highest BCUT2D eigenvalue weighted by molar-refractivity contribution is 5.87. The number of benzene rings is 1. The summed E-state index contributed by atoms with van der Waals surface area (Å²) in [5, 5.41) is 9.81. The number of carbonyl (C=O) groups excluding carboxylic acids is 2. The van der Waals surface area contributed by atoms with Crippen molar-refractivity contribution in [1.82, 2.24) is 5.32 Å². The lowest BCUT2D eigenvalue weighted by Gasteiger charge is -2.20. The number of alkyl halides is 3. The minimum absolute atomic E-state index is 0.316. The SMILES string of the molecule is COC(=O)[C@@H](Cc1ccccc1)NC(=O)[C@H](N)CC(C)C.O=C(O)C(F)(F)F. The third-order valence-electron chi connectivity index (χ3n) is 3.39. The van der Waals surface area contributed by atoms with E-state index < -0.39 is 30.2 Å². The molecule has 0 fully saturated rings. The molecule has 2 atom stereocenters. The zero-order valence-corrected chi connectivity index (χ0v) is 15.8. The topological polar surface area (TPSA) is 119 Å². The number of esters is 1. The second-order valence-corrected chi connectivity index (χ2v) is 6.31. The van der Waals surface area contributed by atoms with Gasteiger partial charge in [0, 0.05) is 6.42 Å². The molecule has 10 heteroatoms. The van der Waals surface area contributed by atoms with Crippen LogP contribution in [0.3, 0.4) is 0 Å². The molecule has 7 nitrogen and oxygen atoms in total. The van der Waals surface area contributed by atoms with Crippen LogP contribution >= 0.6 is 0 Å². The zero-order valence-electron chi connectivity index (χ0n) is 15.8. The van der Waals surface area contributed by atoms with Crippen LogP contribution in [0, 0.1) is 5.92 Å². The highest BCUT2D eigenvalue weighted by Crippen LogP contribution is 2.13. The van der Waals surface area contributed by atoms with Crippen LogP contribution in [0.1, 0.15) is 25.8 Å². The Labute approximate surface area is 161 Å². The molecule has 0 aliphatic rings. The van der Waals surface area contributed by atoms with E-state index in [9.17, 15) is 22.8 Å². The summed E-state index contributed by atoms with van der Waals surface area (Å²) >= 11 is 0. The van der Waals surface area contributed by atoms with Gasteiger partial charge in [-0.1, -0.05) is 44.2 Å². The van der Waals surface area contributed by atoms with Crippen LogP contribution in [0.5, 0.6) is 0 Å². The Morgan fingerprint density at radius 3 is 2.07 bits per heavy atom. The summed E-state index contributed by atoms with van der Waals surface area (Å²) in [4.78, 5) is 32.8. The van der Waals surface area contributed by atoms with E-state index in [-0.39, 0.29) is 5.91 Å². The average molecular weight is 406 g/mol. The predicted octanol–water partition coefficient (Wildman–Crippen LogP) is 1.89. The smallest absolute Gasteiger partial charge is 0.475 e. The van der Waals surface area contributed by atoms with Gasteiger partial charge in [-0.2, -0.15) is 13.2 Å². The van der Waals surface area contributed by atoms with Crippen molar-refractivity contribution in [2.45, 2.75) is 44.9 Å². The first-order valence-electron chi connectivity index (χ1n) is 8.36. The fourth-order valence-electron chi connectivity index (χ4n) is 2.08. The molecule has 0 bridgehead atoms. The number of hydrogen-bond donors (Lipinski definition) is 3. The second kappa shape index (κ2) is 12.0. The number of halogens is 3. The molecule has 1 aromatic carbocycles. The number of ether oxygens (including phenoxy) is 1. The number of nitrogens with two attached hydrogens (primary N) is 1. The van der Waals surface area contributed by atoms with E-state index in [0.717, 1.165) is 5.56 Å². The van der Waals surface area contributed by atoms with Gasteiger partial charge in [0.1, 0.15) is 6.04 Å². The number of carboxylic acid groups (broad SMARTS) is 1. The van der Waals surface area contributed by atoms with E-state index in [1.54, 1.807) is 0 Å². The zero-order chi connectivity index (χ0) is 21.9. The second-order valence-electron chi connectivity index (χ2n) is 6.31. The van der Waals surface area contributed by atoms with E-state index in [4.69, 9.17) is 20.4 Å². The van der Waals surface area contributed by atoms with Crippen molar-refractivity contribution in [2.24, 2.45) is 11.7 Å². The quantitative estimate of drug-likeness (QED) is 0.595. The molecule has 0 aliphatic carbocycles.